The Morgan fingerprint density at radius 1 is 1.22 bits per heavy atom. The van der Waals surface area contributed by atoms with Gasteiger partial charge in [0.25, 0.3) is 0 Å². The van der Waals surface area contributed by atoms with Crippen LogP contribution in [-0.2, 0) is 11.2 Å². The Morgan fingerprint density at radius 2 is 2.00 bits per heavy atom. The van der Waals surface area contributed by atoms with Crippen LogP contribution in [0.15, 0.2) is 35.5 Å². The van der Waals surface area contributed by atoms with Crippen LogP contribution in [0, 0.1) is 0 Å². The van der Waals surface area contributed by atoms with E-state index >= 15 is 0 Å². The van der Waals surface area contributed by atoms with Gasteiger partial charge in [0.1, 0.15) is 5.82 Å². The molecule has 2 aromatic rings. The molecule has 0 bridgehead atoms. The van der Waals surface area contributed by atoms with Crippen LogP contribution < -0.4 is 5.32 Å². The van der Waals surface area contributed by atoms with E-state index in [0.29, 0.717) is 6.42 Å². The molecule has 2 rings (SSSR count). The summed E-state index contributed by atoms with van der Waals surface area (Å²) in [4.78, 5) is 11.6. The van der Waals surface area contributed by atoms with Crippen molar-refractivity contribution < 1.29 is 4.79 Å². The number of aromatic nitrogens is 3. The number of hydrogen-bond donors (Lipinski definition) is 1. The topological polar surface area (TPSA) is 59.8 Å². The van der Waals surface area contributed by atoms with E-state index in [1.807, 2.05) is 24.5 Å². The van der Waals surface area contributed by atoms with Gasteiger partial charge in [0.2, 0.25) is 5.91 Å². The third kappa shape index (κ3) is 5.10. The number of nitrogens with zero attached hydrogens (tertiary/aromatic N) is 3. The Bertz CT molecular complexity index is 612. The van der Waals surface area contributed by atoms with Gasteiger partial charge in [0, 0.05) is 25.1 Å². The summed E-state index contributed by atoms with van der Waals surface area (Å²) >= 11 is 1.59. The van der Waals surface area contributed by atoms with Gasteiger partial charge in [-0.3, -0.25) is 9.36 Å². The lowest BCUT2D eigenvalue weighted by Gasteiger charge is -2.09. The van der Waals surface area contributed by atoms with Gasteiger partial charge in [0.05, 0.1) is 0 Å². The van der Waals surface area contributed by atoms with Gasteiger partial charge in [-0.05, 0) is 37.7 Å². The Kier molecular flexibility index (Phi) is 7.13. The fourth-order valence-corrected chi connectivity index (χ4v) is 2.87. The van der Waals surface area contributed by atoms with Gasteiger partial charge in [-0.2, -0.15) is 0 Å². The number of carbonyl (C=O) groups excluding carboxylic acids is 1. The highest BCUT2D eigenvalue weighted by Gasteiger charge is 2.12. The molecule has 1 N–H and O–H groups in total. The van der Waals surface area contributed by atoms with E-state index in [1.54, 1.807) is 11.8 Å². The van der Waals surface area contributed by atoms with Gasteiger partial charge in [0.15, 0.2) is 5.16 Å². The Labute approximate surface area is 141 Å². The maximum absolute atomic E-state index is 11.6. The highest BCUT2D eigenvalue weighted by molar-refractivity contribution is 7.98. The van der Waals surface area contributed by atoms with Crippen molar-refractivity contribution >= 4 is 17.7 Å². The van der Waals surface area contributed by atoms with Crippen molar-refractivity contribution in [3.63, 3.8) is 0 Å². The predicted molar refractivity (Wildman–Crippen MR) is 94.0 cm³/mol. The first-order valence-corrected chi connectivity index (χ1v) is 9.29. The van der Waals surface area contributed by atoms with E-state index in [-0.39, 0.29) is 5.91 Å². The molecule has 0 spiro atoms. The molecule has 1 amide bonds. The summed E-state index contributed by atoms with van der Waals surface area (Å²) in [6, 6.07) is 10.2. The van der Waals surface area contributed by atoms with Crippen molar-refractivity contribution in [2.45, 2.75) is 44.2 Å². The summed E-state index contributed by atoms with van der Waals surface area (Å²) < 4.78 is 2.10. The third-order valence-corrected chi connectivity index (χ3v) is 4.15. The molecular weight excluding hydrogens is 308 g/mol. The molecule has 0 atom stereocenters. The molecule has 1 aromatic carbocycles. The number of unbranched alkanes of at least 4 members (excludes halogenated alkanes) is 1. The van der Waals surface area contributed by atoms with Crippen molar-refractivity contribution in [3.8, 4) is 5.69 Å². The highest BCUT2D eigenvalue weighted by atomic mass is 32.2. The Balaban J connectivity index is 1.93. The number of thioether (sulfide) groups is 1. The second kappa shape index (κ2) is 9.35. The van der Waals surface area contributed by atoms with Crippen molar-refractivity contribution in [1.29, 1.82) is 0 Å². The van der Waals surface area contributed by atoms with Gasteiger partial charge < -0.3 is 5.32 Å². The summed E-state index contributed by atoms with van der Waals surface area (Å²) in [6.07, 6.45) is 6.18. The number of amides is 1. The summed E-state index contributed by atoms with van der Waals surface area (Å²) in [7, 11) is 0. The van der Waals surface area contributed by atoms with Gasteiger partial charge in [-0.1, -0.05) is 36.9 Å². The van der Waals surface area contributed by atoms with Crippen LogP contribution in [-0.4, -0.2) is 33.5 Å². The standard InChI is InChI=1S/C17H24N4OS/c1-3-13-18-16(22)12-8-7-11-15-19-20-17(23-2)21(15)14-9-5-4-6-10-14/h4-6,9-10H,3,7-8,11-13H2,1-2H3,(H,18,22). The smallest absolute Gasteiger partial charge is 0.219 e. The van der Waals surface area contributed by atoms with E-state index in [1.165, 1.54) is 0 Å². The molecule has 0 fully saturated rings. The number of para-hydroxylation sites is 1. The molecule has 124 valence electrons. The minimum atomic E-state index is 0.140. The summed E-state index contributed by atoms with van der Waals surface area (Å²) in [5.41, 5.74) is 1.08. The molecule has 0 radical (unpaired) electrons. The lowest BCUT2D eigenvalue weighted by molar-refractivity contribution is -0.121. The lowest BCUT2D eigenvalue weighted by atomic mass is 10.1. The molecule has 0 unspecified atom stereocenters. The fourth-order valence-electron chi connectivity index (χ4n) is 2.35. The maximum Gasteiger partial charge on any atom is 0.219 e. The molecule has 1 heterocycles. The number of hydrogen-bond acceptors (Lipinski definition) is 4. The number of nitrogens with one attached hydrogen (secondary N) is 1. The first kappa shape index (κ1) is 17.5. The zero-order chi connectivity index (χ0) is 16.5. The van der Waals surface area contributed by atoms with Crippen molar-refractivity contribution in [3.05, 3.63) is 36.2 Å². The quantitative estimate of drug-likeness (QED) is 0.566. The van der Waals surface area contributed by atoms with Gasteiger partial charge in [-0.15, -0.1) is 10.2 Å². The van der Waals surface area contributed by atoms with Gasteiger partial charge in [-0.25, -0.2) is 0 Å². The average molecular weight is 332 g/mol. The molecule has 0 saturated heterocycles. The minimum Gasteiger partial charge on any atom is -0.356 e. The molecule has 0 aliphatic heterocycles. The van der Waals surface area contributed by atoms with E-state index in [9.17, 15) is 4.79 Å². The summed E-state index contributed by atoms with van der Waals surface area (Å²) in [6.45, 7) is 2.82. The van der Waals surface area contributed by atoms with Crippen molar-refractivity contribution in [2.75, 3.05) is 12.8 Å². The second-order valence-corrected chi connectivity index (χ2v) is 6.10. The maximum atomic E-state index is 11.6. The first-order chi connectivity index (χ1) is 11.3. The number of aryl methyl sites for hydroxylation is 1. The lowest BCUT2D eigenvalue weighted by Crippen LogP contribution is -2.23. The zero-order valence-corrected chi connectivity index (χ0v) is 14.6. The molecular formula is C17H24N4OS. The van der Waals surface area contributed by atoms with E-state index in [4.69, 9.17) is 0 Å². The molecule has 0 saturated carbocycles. The number of carbonyl (C=O) groups is 1. The van der Waals surface area contributed by atoms with E-state index in [0.717, 1.165) is 48.9 Å². The molecule has 23 heavy (non-hydrogen) atoms. The van der Waals surface area contributed by atoms with Crippen LogP contribution in [0.2, 0.25) is 0 Å². The highest BCUT2D eigenvalue weighted by Crippen LogP contribution is 2.21. The van der Waals surface area contributed by atoms with Crippen LogP contribution in [0.4, 0.5) is 0 Å². The first-order valence-electron chi connectivity index (χ1n) is 8.06. The zero-order valence-electron chi connectivity index (χ0n) is 13.8. The van der Waals surface area contributed by atoms with E-state index < -0.39 is 0 Å². The third-order valence-electron chi connectivity index (χ3n) is 3.52. The number of benzene rings is 1. The summed E-state index contributed by atoms with van der Waals surface area (Å²) in [5, 5.41) is 12.4. The fraction of sp³-hybridized carbons (Fsp3) is 0.471. The molecule has 1 aromatic heterocycles. The van der Waals surface area contributed by atoms with Crippen molar-refractivity contribution in [2.24, 2.45) is 0 Å². The summed E-state index contributed by atoms with van der Waals surface area (Å²) in [5.74, 6) is 1.09. The van der Waals surface area contributed by atoms with Crippen LogP contribution >= 0.6 is 11.8 Å². The van der Waals surface area contributed by atoms with Crippen LogP contribution in [0.25, 0.3) is 5.69 Å². The Hall–Kier alpha value is -1.82. The van der Waals surface area contributed by atoms with Gasteiger partial charge >= 0.3 is 0 Å². The SMILES string of the molecule is CCCNC(=O)CCCCc1nnc(SC)n1-c1ccccc1. The molecule has 0 aliphatic rings. The second-order valence-electron chi connectivity index (χ2n) is 5.33. The number of rotatable bonds is 9. The van der Waals surface area contributed by atoms with Crippen LogP contribution in [0.3, 0.4) is 0 Å². The van der Waals surface area contributed by atoms with E-state index in [2.05, 4.69) is 39.1 Å². The van der Waals surface area contributed by atoms with Crippen LogP contribution in [0.5, 0.6) is 0 Å². The normalized spacial score (nSPS) is 10.7. The Morgan fingerprint density at radius 3 is 2.70 bits per heavy atom. The van der Waals surface area contributed by atoms with Crippen LogP contribution in [0.1, 0.15) is 38.4 Å². The molecule has 0 aliphatic carbocycles. The predicted octanol–water partition coefficient (Wildman–Crippen LogP) is 3.23. The minimum absolute atomic E-state index is 0.140. The largest absolute Gasteiger partial charge is 0.356 e. The van der Waals surface area contributed by atoms with Crippen molar-refractivity contribution in [1.82, 2.24) is 20.1 Å². The molecule has 5 nitrogen and oxygen atoms in total. The molecule has 6 heteroatoms. The average Bonchev–Trinajstić information content (AvgIpc) is 3.00. The monoisotopic (exact) mass is 332 g/mol.